The summed E-state index contributed by atoms with van der Waals surface area (Å²) in [6, 6.07) is 18.0. The van der Waals surface area contributed by atoms with Crippen LogP contribution in [0.15, 0.2) is 65.7 Å². The Morgan fingerprint density at radius 2 is 1.77 bits per heavy atom. The highest BCUT2D eigenvalue weighted by Gasteiger charge is 2.27. The number of piperazine rings is 1. The number of hydrogen-bond acceptors (Lipinski definition) is 5. The van der Waals surface area contributed by atoms with E-state index in [-0.39, 0.29) is 5.91 Å². The van der Waals surface area contributed by atoms with Gasteiger partial charge < -0.3 is 9.62 Å². The number of hydrogen-bond donors (Lipinski definition) is 1. The summed E-state index contributed by atoms with van der Waals surface area (Å²) in [5.74, 6) is 1.05. The zero-order valence-corrected chi connectivity index (χ0v) is 17.8. The number of nitrogens with one attached hydrogen (secondary N) is 1. The Balaban J connectivity index is 1.17. The zero-order valence-electron chi connectivity index (χ0n) is 17.0. The monoisotopic (exact) mass is 418 g/mol. The predicted octanol–water partition coefficient (Wildman–Crippen LogP) is 4.52. The van der Waals surface area contributed by atoms with Crippen molar-refractivity contribution in [2.45, 2.75) is 17.7 Å². The first-order valence-electron chi connectivity index (χ1n) is 10.6. The molecule has 0 unspecified atom stereocenters. The van der Waals surface area contributed by atoms with Crippen molar-refractivity contribution in [1.29, 1.82) is 0 Å². The number of benzene rings is 2. The second-order valence-corrected chi connectivity index (χ2v) is 9.00. The minimum Gasteiger partial charge on any atom is -0.336 e. The normalized spacial score (nSPS) is 17.3. The number of amides is 1. The topological polar surface area (TPSA) is 48.5 Å². The summed E-state index contributed by atoms with van der Waals surface area (Å²) >= 11 is 1.54. The van der Waals surface area contributed by atoms with E-state index in [1.165, 1.54) is 19.4 Å². The van der Waals surface area contributed by atoms with Crippen molar-refractivity contribution < 1.29 is 4.79 Å². The molecule has 3 aromatic rings. The van der Waals surface area contributed by atoms with Gasteiger partial charge in [-0.05, 0) is 67.1 Å². The van der Waals surface area contributed by atoms with E-state index in [1.54, 1.807) is 11.9 Å². The molecule has 30 heavy (non-hydrogen) atoms. The van der Waals surface area contributed by atoms with Crippen LogP contribution in [0, 0.1) is 5.92 Å². The molecule has 2 heterocycles. The standard InChI is InChI=1S/C24H26N4OS/c29-24(28-15-13-27(14-16-28)17-18-6-7-18)20-8-10-21(11-9-20)26-30-22-5-1-3-19-4-2-12-25-23(19)22/h1-5,8-12,18,26H,6-7,13-17H2. The lowest BCUT2D eigenvalue weighted by Gasteiger charge is -2.34. The lowest BCUT2D eigenvalue weighted by Crippen LogP contribution is -2.49. The average molecular weight is 419 g/mol. The van der Waals surface area contributed by atoms with Gasteiger partial charge in [-0.3, -0.25) is 14.7 Å². The minimum atomic E-state index is 0.138. The van der Waals surface area contributed by atoms with Crippen LogP contribution in [0.1, 0.15) is 23.2 Å². The van der Waals surface area contributed by atoms with Gasteiger partial charge in [-0.25, -0.2) is 0 Å². The molecule has 1 amide bonds. The molecule has 1 saturated heterocycles. The third-order valence-corrected chi connectivity index (χ3v) is 6.77. The summed E-state index contributed by atoms with van der Waals surface area (Å²) < 4.78 is 3.37. The number of pyridine rings is 1. The number of carbonyl (C=O) groups is 1. The molecule has 1 N–H and O–H groups in total. The summed E-state index contributed by atoms with van der Waals surface area (Å²) in [4.78, 5) is 22.9. The van der Waals surface area contributed by atoms with Gasteiger partial charge >= 0.3 is 0 Å². The molecule has 154 valence electrons. The lowest BCUT2D eigenvalue weighted by molar-refractivity contribution is 0.0632. The van der Waals surface area contributed by atoms with Crippen LogP contribution in [0.2, 0.25) is 0 Å². The number of nitrogens with zero attached hydrogens (tertiary/aromatic N) is 3. The average Bonchev–Trinajstić information content (AvgIpc) is 3.62. The molecule has 5 nitrogen and oxygen atoms in total. The second-order valence-electron chi connectivity index (χ2n) is 8.15. The molecule has 1 aliphatic heterocycles. The van der Waals surface area contributed by atoms with E-state index >= 15 is 0 Å². The Labute approximate surface area is 181 Å². The first-order valence-corrected chi connectivity index (χ1v) is 11.5. The van der Waals surface area contributed by atoms with Crippen LogP contribution in [-0.4, -0.2) is 53.4 Å². The van der Waals surface area contributed by atoms with E-state index < -0.39 is 0 Å². The Kier molecular flexibility index (Phi) is 5.60. The first-order chi connectivity index (χ1) is 14.8. The van der Waals surface area contributed by atoms with Gasteiger partial charge in [0.1, 0.15) is 0 Å². The number of para-hydroxylation sites is 1. The number of carbonyl (C=O) groups excluding carboxylic acids is 1. The Morgan fingerprint density at radius 3 is 2.53 bits per heavy atom. The molecule has 5 rings (SSSR count). The summed E-state index contributed by atoms with van der Waals surface area (Å²) in [6.45, 7) is 4.87. The van der Waals surface area contributed by atoms with Gasteiger partial charge in [-0.15, -0.1) is 0 Å². The van der Waals surface area contributed by atoms with Crippen molar-refractivity contribution >= 4 is 34.4 Å². The van der Waals surface area contributed by atoms with E-state index in [0.29, 0.717) is 0 Å². The zero-order chi connectivity index (χ0) is 20.3. The number of anilines is 1. The van der Waals surface area contributed by atoms with Crippen molar-refractivity contribution in [3.63, 3.8) is 0 Å². The molecule has 1 saturated carbocycles. The van der Waals surface area contributed by atoms with Crippen molar-refractivity contribution in [3.8, 4) is 0 Å². The van der Waals surface area contributed by atoms with Crippen molar-refractivity contribution in [2.75, 3.05) is 37.4 Å². The fraction of sp³-hybridized carbons (Fsp3) is 0.333. The fourth-order valence-corrected chi connectivity index (χ4v) is 4.71. The number of fused-ring (bicyclic) bond motifs is 1. The fourth-order valence-electron chi connectivity index (χ4n) is 3.94. The SMILES string of the molecule is O=C(c1ccc(NSc2cccc3cccnc23)cc1)N1CCN(CC2CC2)CC1. The highest BCUT2D eigenvalue weighted by molar-refractivity contribution is 8.00. The van der Waals surface area contributed by atoms with Crippen LogP contribution in [0.25, 0.3) is 10.9 Å². The smallest absolute Gasteiger partial charge is 0.253 e. The molecular weight excluding hydrogens is 392 g/mol. The molecule has 2 fully saturated rings. The van der Waals surface area contributed by atoms with Crippen LogP contribution < -0.4 is 4.72 Å². The highest BCUT2D eigenvalue weighted by atomic mass is 32.2. The highest BCUT2D eigenvalue weighted by Crippen LogP contribution is 2.30. The van der Waals surface area contributed by atoms with E-state index in [2.05, 4.69) is 32.8 Å². The van der Waals surface area contributed by atoms with E-state index in [1.807, 2.05) is 47.5 Å². The predicted molar refractivity (Wildman–Crippen MR) is 123 cm³/mol. The van der Waals surface area contributed by atoms with Crippen LogP contribution in [-0.2, 0) is 0 Å². The van der Waals surface area contributed by atoms with Crippen molar-refractivity contribution in [3.05, 3.63) is 66.4 Å². The maximum Gasteiger partial charge on any atom is 0.253 e. The summed E-state index contributed by atoms with van der Waals surface area (Å²) in [5.41, 5.74) is 2.72. The van der Waals surface area contributed by atoms with Gasteiger partial charge in [0, 0.05) is 55.6 Å². The van der Waals surface area contributed by atoms with Crippen LogP contribution in [0.4, 0.5) is 5.69 Å². The third kappa shape index (κ3) is 4.45. The molecule has 0 bridgehead atoms. The van der Waals surface area contributed by atoms with Gasteiger partial charge in [0.15, 0.2) is 0 Å². The Hall–Kier alpha value is -2.57. The molecular formula is C24H26N4OS. The maximum absolute atomic E-state index is 12.9. The van der Waals surface area contributed by atoms with Crippen molar-refractivity contribution in [1.82, 2.24) is 14.8 Å². The summed E-state index contributed by atoms with van der Waals surface area (Å²) in [6.07, 6.45) is 4.59. The molecule has 1 aromatic heterocycles. The van der Waals surface area contributed by atoms with Gasteiger partial charge in [-0.2, -0.15) is 0 Å². The Morgan fingerprint density at radius 1 is 1.00 bits per heavy atom. The molecule has 2 aromatic carbocycles. The van der Waals surface area contributed by atoms with E-state index in [4.69, 9.17) is 0 Å². The number of rotatable bonds is 6. The number of aromatic nitrogens is 1. The molecule has 2 aliphatic rings. The molecule has 6 heteroatoms. The molecule has 0 radical (unpaired) electrons. The van der Waals surface area contributed by atoms with Crippen molar-refractivity contribution in [2.24, 2.45) is 5.92 Å². The molecule has 1 aliphatic carbocycles. The van der Waals surface area contributed by atoms with Gasteiger partial charge in [-0.1, -0.05) is 18.2 Å². The van der Waals surface area contributed by atoms with Crippen LogP contribution >= 0.6 is 11.9 Å². The largest absolute Gasteiger partial charge is 0.336 e. The lowest BCUT2D eigenvalue weighted by atomic mass is 10.1. The van der Waals surface area contributed by atoms with E-state index in [9.17, 15) is 4.79 Å². The second kappa shape index (κ2) is 8.66. The van der Waals surface area contributed by atoms with E-state index in [0.717, 1.165) is 59.1 Å². The van der Waals surface area contributed by atoms with Gasteiger partial charge in [0.2, 0.25) is 0 Å². The summed E-state index contributed by atoms with van der Waals surface area (Å²) in [5, 5.41) is 1.13. The maximum atomic E-state index is 12.9. The molecule has 0 spiro atoms. The van der Waals surface area contributed by atoms with Crippen LogP contribution in [0.3, 0.4) is 0 Å². The minimum absolute atomic E-state index is 0.138. The first kappa shape index (κ1) is 19.4. The Bertz CT molecular complexity index is 1020. The van der Waals surface area contributed by atoms with Gasteiger partial charge in [0.25, 0.3) is 5.91 Å². The quantitative estimate of drug-likeness (QED) is 0.597. The third-order valence-electron chi connectivity index (χ3n) is 5.88. The van der Waals surface area contributed by atoms with Crippen LogP contribution in [0.5, 0.6) is 0 Å². The van der Waals surface area contributed by atoms with Gasteiger partial charge in [0.05, 0.1) is 10.4 Å². The molecule has 0 atom stereocenters. The summed E-state index contributed by atoms with van der Waals surface area (Å²) in [7, 11) is 0.